The summed E-state index contributed by atoms with van der Waals surface area (Å²) in [6.45, 7) is 7.54. The fourth-order valence-corrected chi connectivity index (χ4v) is 6.14. The van der Waals surface area contributed by atoms with Crippen LogP contribution in [0.4, 0.5) is 0 Å². The van der Waals surface area contributed by atoms with Crippen molar-refractivity contribution in [2.45, 2.75) is 95.8 Å². The van der Waals surface area contributed by atoms with E-state index in [2.05, 4.69) is 24.1 Å². The number of hydrogen-bond donors (Lipinski definition) is 1. The summed E-state index contributed by atoms with van der Waals surface area (Å²) in [6.07, 6.45) is 12.9. The van der Waals surface area contributed by atoms with Gasteiger partial charge >= 0.3 is 0 Å². The number of fused-ring (bicyclic) bond motifs is 1. The molecule has 1 saturated carbocycles. The predicted octanol–water partition coefficient (Wildman–Crippen LogP) is 3.74. The van der Waals surface area contributed by atoms with Crippen LogP contribution in [0.15, 0.2) is 0 Å². The number of amides is 1. The lowest BCUT2D eigenvalue weighted by atomic mass is 9.73. The molecule has 4 rings (SSSR count). The molecule has 26 heavy (non-hydrogen) atoms. The average Bonchev–Trinajstić information content (AvgIpc) is 3.19. The molecule has 2 bridgehead atoms. The summed E-state index contributed by atoms with van der Waals surface area (Å²) in [6, 6.07) is 0.779. The molecule has 4 nitrogen and oxygen atoms in total. The molecule has 1 amide bonds. The van der Waals surface area contributed by atoms with Gasteiger partial charge in [-0.15, -0.1) is 0 Å². The van der Waals surface area contributed by atoms with Gasteiger partial charge in [0.2, 0.25) is 5.91 Å². The molecule has 0 aromatic carbocycles. The van der Waals surface area contributed by atoms with Crippen LogP contribution in [0.5, 0.6) is 0 Å². The van der Waals surface area contributed by atoms with Gasteiger partial charge in [-0.3, -0.25) is 9.69 Å². The molecule has 4 fully saturated rings. The van der Waals surface area contributed by atoms with Crippen molar-refractivity contribution in [3.05, 3.63) is 0 Å². The molecule has 0 unspecified atom stereocenters. The van der Waals surface area contributed by atoms with Gasteiger partial charge in [0.25, 0.3) is 0 Å². The molecule has 1 N–H and O–H groups in total. The third-order valence-electron chi connectivity index (χ3n) is 7.63. The lowest BCUT2D eigenvalue weighted by Crippen LogP contribution is -2.41. The van der Waals surface area contributed by atoms with E-state index in [1.54, 1.807) is 0 Å². The summed E-state index contributed by atoms with van der Waals surface area (Å²) in [5.41, 5.74) is 0.115. The van der Waals surface area contributed by atoms with Crippen molar-refractivity contribution >= 4 is 5.91 Å². The molecule has 4 aliphatic rings. The summed E-state index contributed by atoms with van der Waals surface area (Å²) in [5.74, 6) is 1.99. The second-order valence-electron chi connectivity index (χ2n) is 9.84. The maximum Gasteiger partial charge on any atom is 0.220 e. The molecule has 0 aromatic heterocycles. The molecular formula is C22H38N2O2. The molecule has 3 aliphatic heterocycles. The van der Waals surface area contributed by atoms with Gasteiger partial charge < -0.3 is 10.1 Å². The van der Waals surface area contributed by atoms with E-state index in [0.29, 0.717) is 30.3 Å². The Morgan fingerprint density at radius 1 is 1.19 bits per heavy atom. The predicted molar refractivity (Wildman–Crippen MR) is 104 cm³/mol. The second-order valence-corrected chi connectivity index (χ2v) is 9.84. The Morgan fingerprint density at radius 2 is 1.96 bits per heavy atom. The Balaban J connectivity index is 1.34. The van der Waals surface area contributed by atoms with Crippen LogP contribution in [-0.4, -0.2) is 48.2 Å². The van der Waals surface area contributed by atoms with Gasteiger partial charge in [-0.25, -0.2) is 0 Å². The second kappa shape index (κ2) is 7.79. The minimum Gasteiger partial charge on any atom is -0.370 e. The van der Waals surface area contributed by atoms with Crippen molar-refractivity contribution < 1.29 is 9.53 Å². The molecule has 3 saturated heterocycles. The Kier molecular flexibility index (Phi) is 5.61. The van der Waals surface area contributed by atoms with Crippen LogP contribution in [0.3, 0.4) is 0 Å². The number of ether oxygens (including phenoxy) is 1. The van der Waals surface area contributed by atoms with Crippen LogP contribution in [-0.2, 0) is 9.53 Å². The smallest absolute Gasteiger partial charge is 0.220 e. The number of carbonyl (C=O) groups excluding carboxylic acids is 1. The van der Waals surface area contributed by atoms with Crippen LogP contribution in [0, 0.1) is 17.8 Å². The van der Waals surface area contributed by atoms with Gasteiger partial charge in [-0.2, -0.15) is 0 Å². The van der Waals surface area contributed by atoms with Gasteiger partial charge in [-0.1, -0.05) is 39.5 Å². The molecule has 1 spiro atoms. The maximum atomic E-state index is 12.2. The highest BCUT2D eigenvalue weighted by atomic mass is 16.5. The number of likely N-dealkylation sites (tertiary alicyclic amines) is 1. The van der Waals surface area contributed by atoms with E-state index in [0.717, 1.165) is 25.6 Å². The average molecular weight is 363 g/mol. The number of rotatable bonds is 6. The van der Waals surface area contributed by atoms with E-state index in [1.165, 1.54) is 57.9 Å². The first-order valence-corrected chi connectivity index (χ1v) is 11.3. The van der Waals surface area contributed by atoms with Crippen LogP contribution >= 0.6 is 0 Å². The van der Waals surface area contributed by atoms with E-state index >= 15 is 0 Å². The minimum atomic E-state index is 0.115. The van der Waals surface area contributed by atoms with Crippen LogP contribution < -0.4 is 5.32 Å². The zero-order valence-electron chi connectivity index (χ0n) is 16.8. The highest BCUT2D eigenvalue weighted by Gasteiger charge is 2.63. The monoisotopic (exact) mass is 362 g/mol. The lowest BCUT2D eigenvalue weighted by Gasteiger charge is -2.29. The normalized spacial score (nSPS) is 37.9. The van der Waals surface area contributed by atoms with Gasteiger partial charge in [0.1, 0.15) is 0 Å². The number of nitrogens with one attached hydrogen (secondary N) is 1. The highest BCUT2D eigenvalue weighted by molar-refractivity contribution is 5.75. The fraction of sp³-hybridized carbons (Fsp3) is 0.955. The van der Waals surface area contributed by atoms with Gasteiger partial charge in [0, 0.05) is 43.9 Å². The summed E-state index contributed by atoms with van der Waals surface area (Å²) >= 11 is 0. The summed E-state index contributed by atoms with van der Waals surface area (Å²) in [4.78, 5) is 15.0. The third-order valence-corrected chi connectivity index (χ3v) is 7.63. The molecule has 3 heterocycles. The highest BCUT2D eigenvalue weighted by Crippen LogP contribution is 2.55. The molecule has 148 valence electrons. The SMILES string of the molecule is CC(C)CCC(=O)NC[C@H]1[C@H]2CN(C3CCCCCC3)C[C@]23CC[C@H]1O3. The molecule has 4 atom stereocenters. The van der Waals surface area contributed by atoms with Gasteiger partial charge in [0.05, 0.1) is 11.7 Å². The first kappa shape index (κ1) is 18.7. The number of nitrogens with zero attached hydrogens (tertiary/aromatic N) is 1. The Bertz CT molecular complexity index is 500. The van der Waals surface area contributed by atoms with Crippen LogP contribution in [0.1, 0.15) is 78.1 Å². The van der Waals surface area contributed by atoms with E-state index in [4.69, 9.17) is 4.74 Å². The quantitative estimate of drug-likeness (QED) is 0.732. The first-order chi connectivity index (χ1) is 12.6. The fourth-order valence-electron chi connectivity index (χ4n) is 6.14. The zero-order valence-corrected chi connectivity index (χ0v) is 16.8. The molecule has 0 aromatic rings. The van der Waals surface area contributed by atoms with Crippen molar-refractivity contribution in [3.8, 4) is 0 Å². The molecular weight excluding hydrogens is 324 g/mol. The Morgan fingerprint density at radius 3 is 2.69 bits per heavy atom. The van der Waals surface area contributed by atoms with E-state index in [9.17, 15) is 4.79 Å². The lowest BCUT2D eigenvalue weighted by molar-refractivity contribution is -0.121. The van der Waals surface area contributed by atoms with Crippen molar-refractivity contribution in [2.75, 3.05) is 19.6 Å². The summed E-state index contributed by atoms with van der Waals surface area (Å²) in [5, 5.41) is 3.24. The van der Waals surface area contributed by atoms with E-state index < -0.39 is 0 Å². The van der Waals surface area contributed by atoms with E-state index in [1.807, 2.05) is 0 Å². The summed E-state index contributed by atoms with van der Waals surface area (Å²) in [7, 11) is 0. The largest absolute Gasteiger partial charge is 0.370 e. The Labute approximate surface area is 159 Å². The van der Waals surface area contributed by atoms with Crippen molar-refractivity contribution in [3.63, 3.8) is 0 Å². The molecule has 0 radical (unpaired) electrons. The van der Waals surface area contributed by atoms with Crippen molar-refractivity contribution in [1.82, 2.24) is 10.2 Å². The van der Waals surface area contributed by atoms with Crippen molar-refractivity contribution in [2.24, 2.45) is 17.8 Å². The van der Waals surface area contributed by atoms with Gasteiger partial charge in [-0.05, 0) is 38.0 Å². The van der Waals surface area contributed by atoms with Crippen LogP contribution in [0.2, 0.25) is 0 Å². The summed E-state index contributed by atoms with van der Waals surface area (Å²) < 4.78 is 6.59. The maximum absolute atomic E-state index is 12.2. The zero-order chi connectivity index (χ0) is 18.1. The standard InChI is InChI=1S/C22H38N2O2/c1-16(2)9-10-21(25)23-13-18-19-14-24(17-7-5-3-4-6-8-17)15-22(19)12-11-20(18)26-22/h16-20H,3-15H2,1-2H3,(H,23,25)/t18-,19+,20+,22+/m0/s1. The van der Waals surface area contributed by atoms with E-state index in [-0.39, 0.29) is 11.5 Å². The van der Waals surface area contributed by atoms with Crippen LogP contribution in [0.25, 0.3) is 0 Å². The van der Waals surface area contributed by atoms with Gasteiger partial charge in [0.15, 0.2) is 0 Å². The minimum absolute atomic E-state index is 0.115. The Hall–Kier alpha value is -0.610. The molecule has 1 aliphatic carbocycles. The number of carbonyl (C=O) groups is 1. The van der Waals surface area contributed by atoms with Crippen molar-refractivity contribution in [1.29, 1.82) is 0 Å². The topological polar surface area (TPSA) is 41.6 Å². The number of hydrogen-bond acceptors (Lipinski definition) is 3. The third kappa shape index (κ3) is 3.69. The molecule has 4 heteroatoms. The first-order valence-electron chi connectivity index (χ1n) is 11.3.